The van der Waals surface area contributed by atoms with Crippen LogP contribution in [-0.4, -0.2) is 44.1 Å². The molecule has 1 atom stereocenters. The highest BCUT2D eigenvalue weighted by atomic mass is 32.2. The largest absolute Gasteiger partial charge is 0.392 e. The van der Waals surface area contributed by atoms with Crippen molar-refractivity contribution in [3.05, 3.63) is 59.5 Å². The highest BCUT2D eigenvalue weighted by Crippen LogP contribution is 2.53. The van der Waals surface area contributed by atoms with Crippen LogP contribution in [0.15, 0.2) is 47.5 Å². The number of aromatic nitrogens is 2. The van der Waals surface area contributed by atoms with E-state index in [4.69, 9.17) is 0 Å². The number of aliphatic hydroxyl groups is 1. The Morgan fingerprint density at radius 3 is 2.97 bits per heavy atom. The van der Waals surface area contributed by atoms with Crippen LogP contribution in [-0.2, 0) is 13.6 Å². The lowest BCUT2D eigenvalue weighted by Crippen LogP contribution is -2.41. The van der Waals surface area contributed by atoms with E-state index >= 15 is 0 Å². The quantitative estimate of drug-likeness (QED) is 0.598. The van der Waals surface area contributed by atoms with Crippen molar-refractivity contribution in [2.24, 2.45) is 12.5 Å². The maximum atomic E-state index is 13.0. The number of benzene rings is 1. The van der Waals surface area contributed by atoms with Crippen LogP contribution in [0.4, 0.5) is 0 Å². The number of pyridine rings is 1. The lowest BCUT2D eigenvalue weighted by Gasteiger charge is -2.35. The van der Waals surface area contributed by atoms with Crippen molar-refractivity contribution in [1.29, 1.82) is 0 Å². The fraction of sp³-hybridized carbons (Fsp3) is 0.417. The predicted octanol–water partition coefficient (Wildman–Crippen LogP) is 3.67. The van der Waals surface area contributed by atoms with Crippen molar-refractivity contribution in [2.45, 2.75) is 43.7 Å². The van der Waals surface area contributed by atoms with Gasteiger partial charge in [0.25, 0.3) is 5.91 Å². The van der Waals surface area contributed by atoms with E-state index in [1.165, 1.54) is 0 Å². The minimum Gasteiger partial charge on any atom is -0.392 e. The second-order valence-electron chi connectivity index (χ2n) is 8.83. The third-order valence-corrected chi connectivity index (χ3v) is 8.05. The highest BCUT2D eigenvalue weighted by Gasteiger charge is 2.52. The molecule has 31 heavy (non-hydrogen) atoms. The van der Waals surface area contributed by atoms with Gasteiger partial charge in [-0.2, -0.15) is 0 Å². The molecule has 2 fully saturated rings. The van der Waals surface area contributed by atoms with E-state index in [-0.39, 0.29) is 17.4 Å². The summed E-state index contributed by atoms with van der Waals surface area (Å²) >= 11 is 1.72. The van der Waals surface area contributed by atoms with Crippen LogP contribution < -0.4 is 5.32 Å². The van der Waals surface area contributed by atoms with Gasteiger partial charge in [-0.3, -0.25) is 9.78 Å². The van der Waals surface area contributed by atoms with Crippen molar-refractivity contribution in [1.82, 2.24) is 19.2 Å². The third-order valence-electron chi connectivity index (χ3n) is 6.87. The van der Waals surface area contributed by atoms with E-state index in [0.29, 0.717) is 12.2 Å². The molecule has 3 heterocycles. The average Bonchev–Trinajstić information content (AvgIpc) is 3.50. The lowest BCUT2D eigenvalue weighted by molar-refractivity contribution is 0.0417. The number of nitrogens with one attached hydrogen (secondary N) is 1. The van der Waals surface area contributed by atoms with Crippen LogP contribution in [0, 0.1) is 12.3 Å². The molecular formula is C24H28N4O2S. The van der Waals surface area contributed by atoms with Crippen LogP contribution in [0.5, 0.6) is 0 Å². The second kappa shape index (κ2) is 7.97. The molecule has 6 nitrogen and oxygen atoms in total. The molecule has 1 aliphatic carbocycles. The Hall–Kier alpha value is -2.35. The summed E-state index contributed by atoms with van der Waals surface area (Å²) in [5.74, 6) is -0.0777. The van der Waals surface area contributed by atoms with Gasteiger partial charge >= 0.3 is 0 Å². The van der Waals surface area contributed by atoms with Gasteiger partial charge in [0.15, 0.2) is 0 Å². The fourth-order valence-corrected chi connectivity index (χ4v) is 5.78. The summed E-state index contributed by atoms with van der Waals surface area (Å²) in [5.41, 5.74) is 3.85. The molecule has 1 saturated heterocycles. The van der Waals surface area contributed by atoms with E-state index in [0.717, 1.165) is 59.4 Å². The second-order valence-corrected chi connectivity index (χ2v) is 9.97. The van der Waals surface area contributed by atoms with E-state index < -0.39 is 0 Å². The Morgan fingerprint density at radius 1 is 1.32 bits per heavy atom. The number of nitrogens with zero attached hydrogens (tertiary/aromatic N) is 3. The maximum Gasteiger partial charge on any atom is 0.268 e. The molecule has 1 spiro atoms. The van der Waals surface area contributed by atoms with Crippen molar-refractivity contribution in [2.75, 3.05) is 13.1 Å². The molecule has 1 aliphatic heterocycles. The number of rotatable bonds is 5. The van der Waals surface area contributed by atoms with Gasteiger partial charge in [0, 0.05) is 54.3 Å². The van der Waals surface area contributed by atoms with E-state index in [1.54, 1.807) is 18.1 Å². The zero-order valence-electron chi connectivity index (χ0n) is 18.0. The molecular weight excluding hydrogens is 408 g/mol. The Kier molecular flexibility index (Phi) is 5.28. The zero-order valence-corrected chi connectivity index (χ0v) is 18.8. The Balaban J connectivity index is 1.28. The molecule has 162 valence electrons. The van der Waals surface area contributed by atoms with Gasteiger partial charge in [-0.25, -0.2) is 4.31 Å². The molecule has 2 aliphatic rings. The number of carbonyl (C=O) groups is 1. The minimum absolute atomic E-state index is 0.0777. The van der Waals surface area contributed by atoms with Gasteiger partial charge in [-0.05, 0) is 61.9 Å². The molecule has 1 saturated carbocycles. The van der Waals surface area contributed by atoms with Gasteiger partial charge < -0.3 is 15.0 Å². The highest BCUT2D eigenvalue weighted by molar-refractivity contribution is 7.97. The summed E-state index contributed by atoms with van der Waals surface area (Å²) in [5, 5.41) is 14.4. The minimum atomic E-state index is -0.160. The van der Waals surface area contributed by atoms with Crippen LogP contribution in [0.1, 0.15) is 41.0 Å². The first kappa shape index (κ1) is 20.5. The molecule has 2 aromatic heterocycles. The van der Waals surface area contributed by atoms with Crippen LogP contribution in [0.3, 0.4) is 0 Å². The molecule has 7 heteroatoms. The van der Waals surface area contributed by atoms with Crippen molar-refractivity contribution >= 4 is 28.8 Å². The fourth-order valence-electron chi connectivity index (χ4n) is 4.55. The molecule has 2 N–H and O–H groups in total. The molecule has 1 aromatic carbocycles. The normalized spacial score (nSPS) is 20.3. The third kappa shape index (κ3) is 3.86. The number of aliphatic hydroxyl groups excluding tert-OH is 1. The van der Waals surface area contributed by atoms with Gasteiger partial charge in [-0.15, -0.1) is 0 Å². The first-order chi connectivity index (χ1) is 15.0. The maximum absolute atomic E-state index is 13.0. The summed E-state index contributed by atoms with van der Waals surface area (Å²) in [6, 6.07) is 11.9. The van der Waals surface area contributed by atoms with Crippen molar-refractivity contribution < 1.29 is 9.90 Å². The Morgan fingerprint density at radius 2 is 2.16 bits per heavy atom. The van der Waals surface area contributed by atoms with Gasteiger partial charge in [0.1, 0.15) is 5.69 Å². The molecule has 0 bridgehead atoms. The summed E-state index contributed by atoms with van der Waals surface area (Å²) in [6.45, 7) is 4.31. The summed E-state index contributed by atoms with van der Waals surface area (Å²) < 4.78 is 4.32. The average molecular weight is 437 g/mol. The number of hydrogen-bond donors (Lipinski definition) is 2. The standard InChI is InChI=1S/C24H28N4O2S/c1-16-21(31-28-12-8-22(29)24(15-28)9-10-24)13-20(27(16)2)23(30)26-14-17-5-3-7-19-18(17)6-4-11-25-19/h3-7,11,13,22,29H,8-10,12,14-15H2,1-2H3,(H,26,30). The van der Waals surface area contributed by atoms with E-state index in [1.807, 2.05) is 48.0 Å². The number of piperidine rings is 1. The first-order valence-electron chi connectivity index (χ1n) is 10.8. The molecule has 1 amide bonds. The number of fused-ring (bicyclic) bond motifs is 1. The van der Waals surface area contributed by atoms with Crippen LogP contribution >= 0.6 is 11.9 Å². The molecule has 3 aromatic rings. The van der Waals surface area contributed by atoms with Gasteiger partial charge in [0.2, 0.25) is 0 Å². The lowest BCUT2D eigenvalue weighted by atomic mass is 9.93. The first-order valence-corrected chi connectivity index (χ1v) is 11.6. The van der Waals surface area contributed by atoms with Crippen LogP contribution in [0.2, 0.25) is 0 Å². The van der Waals surface area contributed by atoms with Gasteiger partial charge in [0.05, 0.1) is 11.6 Å². The van der Waals surface area contributed by atoms with Gasteiger partial charge in [-0.1, -0.05) is 18.2 Å². The number of hydrogen-bond acceptors (Lipinski definition) is 5. The molecule has 5 rings (SSSR count). The summed E-state index contributed by atoms with van der Waals surface area (Å²) in [7, 11) is 1.94. The SMILES string of the molecule is Cc1c(SN2CCC(O)C3(CC3)C2)cc(C(=O)NCc2cccc3ncccc23)n1C. The van der Waals surface area contributed by atoms with E-state index in [2.05, 4.69) is 21.5 Å². The number of amides is 1. The van der Waals surface area contributed by atoms with Crippen molar-refractivity contribution in [3.63, 3.8) is 0 Å². The Labute approximate surface area is 186 Å². The smallest absolute Gasteiger partial charge is 0.268 e. The zero-order chi connectivity index (χ0) is 21.6. The monoisotopic (exact) mass is 436 g/mol. The van der Waals surface area contributed by atoms with E-state index in [9.17, 15) is 9.90 Å². The summed E-state index contributed by atoms with van der Waals surface area (Å²) in [4.78, 5) is 18.5. The molecule has 0 radical (unpaired) electrons. The molecule has 1 unspecified atom stereocenters. The van der Waals surface area contributed by atoms with Crippen molar-refractivity contribution in [3.8, 4) is 0 Å². The number of carbonyl (C=O) groups excluding carboxylic acids is 1. The van der Waals surface area contributed by atoms with Crippen LogP contribution in [0.25, 0.3) is 10.9 Å². The Bertz CT molecular complexity index is 1130. The predicted molar refractivity (Wildman–Crippen MR) is 123 cm³/mol. The topological polar surface area (TPSA) is 70.4 Å². The summed E-state index contributed by atoms with van der Waals surface area (Å²) in [6.07, 6.45) is 4.69.